The highest BCUT2D eigenvalue weighted by molar-refractivity contribution is 6.16. The van der Waals surface area contributed by atoms with Crippen LogP contribution in [0.5, 0.6) is 0 Å². The van der Waals surface area contributed by atoms with Crippen molar-refractivity contribution in [2.75, 3.05) is 7.11 Å². The molecule has 0 bridgehead atoms. The van der Waals surface area contributed by atoms with Gasteiger partial charge in [0.05, 0.1) is 18.8 Å². The molecule has 0 fully saturated rings. The Balaban J connectivity index is 2.06. The van der Waals surface area contributed by atoms with Crippen molar-refractivity contribution in [1.82, 2.24) is 4.57 Å². The molecule has 0 saturated heterocycles. The zero-order valence-electron chi connectivity index (χ0n) is 13.8. The summed E-state index contributed by atoms with van der Waals surface area (Å²) in [5.74, 6) is -1.36. The number of ketones is 1. The van der Waals surface area contributed by atoms with Crippen LogP contribution in [0.2, 0.25) is 0 Å². The number of hydrogen-bond acceptors (Lipinski definition) is 3. The Morgan fingerprint density at radius 1 is 1.16 bits per heavy atom. The Morgan fingerprint density at radius 2 is 1.92 bits per heavy atom. The van der Waals surface area contributed by atoms with Crippen LogP contribution in [-0.2, 0) is 9.53 Å². The Morgan fingerprint density at radius 3 is 2.64 bits per heavy atom. The van der Waals surface area contributed by atoms with E-state index in [9.17, 15) is 14.0 Å². The van der Waals surface area contributed by atoms with Crippen molar-refractivity contribution in [2.24, 2.45) is 5.41 Å². The highest BCUT2D eigenvalue weighted by Crippen LogP contribution is 2.49. The third kappa shape index (κ3) is 1.98. The van der Waals surface area contributed by atoms with Gasteiger partial charge in [-0.25, -0.2) is 4.39 Å². The van der Waals surface area contributed by atoms with E-state index in [-0.39, 0.29) is 5.78 Å². The molecular weight excluding hydrogens is 321 g/mol. The smallest absolute Gasteiger partial charge is 0.322 e. The van der Waals surface area contributed by atoms with Crippen molar-refractivity contribution in [3.63, 3.8) is 0 Å². The molecule has 25 heavy (non-hydrogen) atoms. The largest absolute Gasteiger partial charge is 0.468 e. The van der Waals surface area contributed by atoms with Crippen LogP contribution in [0.1, 0.15) is 29.0 Å². The molecule has 2 aromatic carbocycles. The summed E-state index contributed by atoms with van der Waals surface area (Å²) in [6.45, 7) is 1.57. The van der Waals surface area contributed by atoms with Crippen LogP contribution in [0.25, 0.3) is 10.9 Å². The van der Waals surface area contributed by atoms with Crippen molar-refractivity contribution in [3.05, 3.63) is 71.7 Å². The van der Waals surface area contributed by atoms with Crippen LogP contribution in [0.15, 0.2) is 54.6 Å². The zero-order valence-corrected chi connectivity index (χ0v) is 13.8. The molecule has 4 rings (SSSR count). The first-order valence-electron chi connectivity index (χ1n) is 7.97. The zero-order chi connectivity index (χ0) is 17.8. The molecule has 0 saturated carbocycles. The summed E-state index contributed by atoms with van der Waals surface area (Å²) in [6.07, 6.45) is 0. The molecule has 1 aromatic heterocycles. The number of para-hydroxylation sites is 1. The SMILES string of the molecule is COC(=O)[C@@]1(C)C(=O)c2cc3ccccc3n2[C@@H]1c1cccc(F)c1. The van der Waals surface area contributed by atoms with E-state index in [0.29, 0.717) is 11.3 Å². The number of ether oxygens (including phenoxy) is 1. The Hall–Kier alpha value is -2.95. The van der Waals surface area contributed by atoms with Gasteiger partial charge in [-0.15, -0.1) is 0 Å². The summed E-state index contributed by atoms with van der Waals surface area (Å²) < 4.78 is 20.6. The summed E-state index contributed by atoms with van der Waals surface area (Å²) in [4.78, 5) is 25.7. The molecule has 2 atom stereocenters. The second-order valence-electron chi connectivity index (χ2n) is 6.44. The second kappa shape index (κ2) is 5.28. The van der Waals surface area contributed by atoms with Crippen LogP contribution in [0.3, 0.4) is 0 Å². The fourth-order valence-electron chi connectivity index (χ4n) is 3.85. The average Bonchev–Trinajstić information content (AvgIpc) is 3.09. The number of rotatable bonds is 2. The topological polar surface area (TPSA) is 48.3 Å². The number of Topliss-reactive ketones (excluding diaryl/α,β-unsaturated/α-hetero) is 1. The minimum atomic E-state index is -1.44. The van der Waals surface area contributed by atoms with E-state index in [1.807, 2.05) is 28.8 Å². The maximum absolute atomic E-state index is 13.9. The van der Waals surface area contributed by atoms with Crippen LogP contribution in [0.4, 0.5) is 4.39 Å². The molecule has 0 spiro atoms. The van der Waals surface area contributed by atoms with Gasteiger partial charge >= 0.3 is 5.97 Å². The number of fused-ring (bicyclic) bond motifs is 3. The quantitative estimate of drug-likeness (QED) is 0.529. The third-order valence-corrected chi connectivity index (χ3v) is 5.03. The average molecular weight is 337 g/mol. The number of aromatic nitrogens is 1. The maximum Gasteiger partial charge on any atom is 0.322 e. The Kier molecular flexibility index (Phi) is 3.29. The molecule has 126 valence electrons. The lowest BCUT2D eigenvalue weighted by molar-refractivity contribution is -0.149. The van der Waals surface area contributed by atoms with E-state index < -0.39 is 23.2 Å². The number of nitrogens with zero attached hydrogens (tertiary/aromatic N) is 1. The Labute approximate surface area is 143 Å². The summed E-state index contributed by atoms with van der Waals surface area (Å²) in [5, 5.41) is 0.902. The highest BCUT2D eigenvalue weighted by atomic mass is 19.1. The highest BCUT2D eigenvalue weighted by Gasteiger charge is 2.57. The summed E-state index contributed by atoms with van der Waals surface area (Å²) in [7, 11) is 1.26. The second-order valence-corrected chi connectivity index (χ2v) is 6.44. The molecule has 0 aliphatic carbocycles. The maximum atomic E-state index is 13.9. The van der Waals surface area contributed by atoms with E-state index in [2.05, 4.69) is 0 Å². The molecule has 0 radical (unpaired) electrons. The van der Waals surface area contributed by atoms with E-state index in [0.717, 1.165) is 10.9 Å². The van der Waals surface area contributed by atoms with E-state index >= 15 is 0 Å². The lowest BCUT2D eigenvalue weighted by Crippen LogP contribution is -2.39. The fraction of sp³-hybridized carbons (Fsp3) is 0.200. The van der Waals surface area contributed by atoms with Gasteiger partial charge in [-0.1, -0.05) is 30.3 Å². The van der Waals surface area contributed by atoms with Crippen molar-refractivity contribution >= 4 is 22.7 Å². The molecule has 1 aliphatic rings. The van der Waals surface area contributed by atoms with Crippen LogP contribution in [0, 0.1) is 11.2 Å². The molecule has 0 N–H and O–H groups in total. The van der Waals surface area contributed by atoms with Crippen LogP contribution >= 0.6 is 0 Å². The van der Waals surface area contributed by atoms with E-state index in [1.165, 1.54) is 19.2 Å². The monoisotopic (exact) mass is 337 g/mol. The van der Waals surface area contributed by atoms with Crippen LogP contribution < -0.4 is 0 Å². The minimum Gasteiger partial charge on any atom is -0.468 e. The van der Waals surface area contributed by atoms with E-state index in [1.54, 1.807) is 25.1 Å². The molecule has 0 unspecified atom stereocenters. The molecule has 5 heteroatoms. The van der Waals surface area contributed by atoms with Gasteiger partial charge in [0.15, 0.2) is 11.2 Å². The normalized spacial score (nSPS) is 22.2. The lowest BCUT2D eigenvalue weighted by atomic mass is 9.77. The fourth-order valence-corrected chi connectivity index (χ4v) is 3.85. The molecule has 3 aromatic rings. The standard InChI is InChI=1S/C20H16FNO3/c1-20(19(24)25-2)17(13-7-5-8-14(21)10-13)22-15-9-4-3-6-12(15)11-16(22)18(20)23/h3-11,17H,1-2H3/t17-,20-/m1/s1. The number of carbonyl (C=O) groups excluding carboxylic acids is 2. The van der Waals surface area contributed by atoms with Crippen LogP contribution in [-0.4, -0.2) is 23.4 Å². The van der Waals surface area contributed by atoms with Gasteiger partial charge < -0.3 is 9.30 Å². The predicted molar refractivity (Wildman–Crippen MR) is 90.9 cm³/mol. The summed E-state index contributed by atoms with van der Waals surface area (Å²) >= 11 is 0. The number of methoxy groups -OCH3 is 1. The van der Waals surface area contributed by atoms with Crippen molar-refractivity contribution in [2.45, 2.75) is 13.0 Å². The first-order chi connectivity index (χ1) is 12.0. The van der Waals surface area contributed by atoms with Gasteiger partial charge in [0, 0.05) is 10.9 Å². The number of halogens is 1. The van der Waals surface area contributed by atoms with Gasteiger partial charge in [0.25, 0.3) is 0 Å². The Bertz CT molecular complexity index is 1020. The van der Waals surface area contributed by atoms with Gasteiger partial charge in [-0.3, -0.25) is 9.59 Å². The molecule has 2 heterocycles. The summed E-state index contributed by atoms with van der Waals surface area (Å²) in [5.41, 5.74) is 0.375. The number of carbonyl (C=O) groups is 2. The first kappa shape index (κ1) is 15.6. The van der Waals surface area contributed by atoms with Gasteiger partial charge in [-0.05, 0) is 36.8 Å². The minimum absolute atomic E-state index is 0.315. The van der Waals surface area contributed by atoms with Gasteiger partial charge in [-0.2, -0.15) is 0 Å². The van der Waals surface area contributed by atoms with Crippen molar-refractivity contribution in [3.8, 4) is 0 Å². The lowest BCUT2D eigenvalue weighted by Gasteiger charge is -2.29. The number of benzene rings is 2. The first-order valence-corrected chi connectivity index (χ1v) is 7.97. The number of esters is 1. The van der Waals surface area contributed by atoms with Gasteiger partial charge in [0.1, 0.15) is 5.82 Å². The molecule has 4 nitrogen and oxygen atoms in total. The van der Waals surface area contributed by atoms with Gasteiger partial charge in [0.2, 0.25) is 0 Å². The van der Waals surface area contributed by atoms with E-state index in [4.69, 9.17) is 4.74 Å². The van der Waals surface area contributed by atoms with Crippen molar-refractivity contribution in [1.29, 1.82) is 0 Å². The molecule has 1 aliphatic heterocycles. The molecular formula is C20H16FNO3. The predicted octanol–water partition coefficient (Wildman–Crippen LogP) is 3.75. The third-order valence-electron chi connectivity index (χ3n) is 5.03. The summed E-state index contributed by atoms with van der Waals surface area (Å²) in [6, 6.07) is 14.7. The van der Waals surface area contributed by atoms with Crippen molar-refractivity contribution < 1.29 is 18.7 Å². The number of hydrogen-bond donors (Lipinski definition) is 0. The molecule has 0 amide bonds.